The number of benzene rings is 2. The van der Waals surface area contributed by atoms with E-state index in [0.717, 1.165) is 23.2 Å². The highest BCUT2D eigenvalue weighted by Gasteiger charge is 2.40. The van der Waals surface area contributed by atoms with Gasteiger partial charge in [-0.3, -0.25) is 14.4 Å². The van der Waals surface area contributed by atoms with Crippen molar-refractivity contribution >= 4 is 36.5 Å². The van der Waals surface area contributed by atoms with E-state index < -0.39 is 30.5 Å². The Balaban J connectivity index is 0.000000650. The Bertz CT molecular complexity index is 1200. The van der Waals surface area contributed by atoms with Gasteiger partial charge in [0, 0.05) is 31.7 Å². The van der Waals surface area contributed by atoms with Crippen LogP contribution in [0.1, 0.15) is 58.6 Å². The molecule has 1 heterocycles. The number of nitrogens with one attached hydrogen (secondary N) is 3. The summed E-state index contributed by atoms with van der Waals surface area (Å²) in [5.41, 5.74) is 17.6. The van der Waals surface area contributed by atoms with E-state index in [1.54, 1.807) is 12.1 Å². The average Bonchev–Trinajstić information content (AvgIpc) is 3.26. The van der Waals surface area contributed by atoms with E-state index in [2.05, 4.69) is 16.0 Å². The molecule has 12 nitrogen and oxygen atoms in total. The van der Waals surface area contributed by atoms with Crippen LogP contribution in [0.4, 0.5) is 18.9 Å². The third-order valence-corrected chi connectivity index (χ3v) is 6.32. The maximum Gasteiger partial charge on any atom is 0.492 e. The number of methoxy groups -OCH3 is 1. The van der Waals surface area contributed by atoms with Crippen molar-refractivity contribution in [1.29, 1.82) is 0 Å². The number of hydrogen-bond donors (Lipinski definition) is 7. The molecule has 3 rings (SSSR count). The Labute approximate surface area is 269 Å². The first-order chi connectivity index (χ1) is 21.6. The van der Waals surface area contributed by atoms with Gasteiger partial charge in [-0.25, -0.2) is 0 Å². The lowest BCUT2D eigenvalue weighted by Gasteiger charge is -2.20. The van der Waals surface area contributed by atoms with Crippen molar-refractivity contribution in [2.24, 2.45) is 17.2 Å². The Morgan fingerprint density at radius 1 is 1.11 bits per heavy atom. The molecule has 0 aromatic heterocycles. The number of rotatable bonds is 11. The quantitative estimate of drug-likeness (QED) is 0.138. The summed E-state index contributed by atoms with van der Waals surface area (Å²) < 4.78 is 46.1. The number of carbonyl (C=O) groups excluding carboxylic acids is 3. The van der Waals surface area contributed by atoms with Crippen molar-refractivity contribution in [2.75, 3.05) is 32.1 Å². The summed E-state index contributed by atoms with van der Waals surface area (Å²) in [6.45, 7) is 10.7. The molecule has 46 heavy (non-hydrogen) atoms. The summed E-state index contributed by atoms with van der Waals surface area (Å²) in [5, 5.41) is 17.5. The number of anilines is 1. The average molecular weight is 657 g/mol. The molecule has 2 aromatic rings. The molecule has 0 aliphatic carbocycles. The van der Waals surface area contributed by atoms with Crippen LogP contribution in [0, 0.1) is 0 Å². The van der Waals surface area contributed by atoms with E-state index in [1.165, 1.54) is 19.2 Å². The van der Waals surface area contributed by atoms with Gasteiger partial charge in [0.1, 0.15) is 5.75 Å². The van der Waals surface area contributed by atoms with Crippen molar-refractivity contribution < 1.29 is 42.0 Å². The second kappa shape index (κ2) is 21.2. The number of alkyl halides is 3. The number of fused-ring (bicyclic) bond motifs is 1. The van der Waals surface area contributed by atoms with Gasteiger partial charge in [-0.15, -0.1) is 0 Å². The van der Waals surface area contributed by atoms with Gasteiger partial charge in [0.05, 0.1) is 30.4 Å². The fourth-order valence-corrected chi connectivity index (χ4v) is 3.87. The minimum Gasteiger partial charge on any atom is -0.497 e. The smallest absolute Gasteiger partial charge is 0.492 e. The molecular formula is C30H48BF3N6O6. The molecule has 16 heteroatoms. The van der Waals surface area contributed by atoms with E-state index >= 15 is 0 Å². The van der Waals surface area contributed by atoms with Crippen LogP contribution in [0.15, 0.2) is 42.5 Å². The lowest BCUT2D eigenvalue weighted by Crippen LogP contribution is -2.46. The van der Waals surface area contributed by atoms with Gasteiger partial charge in [0.2, 0.25) is 18.2 Å². The van der Waals surface area contributed by atoms with Crippen molar-refractivity contribution in [3.05, 3.63) is 53.6 Å². The molecule has 3 amide bonds. The third kappa shape index (κ3) is 14.6. The first-order valence-corrected chi connectivity index (χ1v) is 14.8. The summed E-state index contributed by atoms with van der Waals surface area (Å²) >= 11 is 0. The van der Waals surface area contributed by atoms with Crippen LogP contribution in [0.5, 0.6) is 5.75 Å². The van der Waals surface area contributed by atoms with E-state index in [1.807, 2.05) is 40.7 Å². The van der Waals surface area contributed by atoms with Gasteiger partial charge in [-0.05, 0) is 74.6 Å². The highest BCUT2D eigenvalue weighted by Crippen LogP contribution is 2.31. The minimum atomic E-state index is -4.27. The number of carbonyl (C=O) groups is 3. The standard InChI is InChI=1S/C10H12BNO3.C10H23N5O2.C8H7F3O.C2H6/c1-10(2)8-5-7(12-6-13)3-4-9(8)11(14)15-10;1-2-14-10(17)8(13)3-4-9(16)15-7(5-11)6-12;1-12-7-4-2-6(3-5-7)8(9,10)11;1-2/h3-6,14H,1-2H3,(H,12,13);7-8H,2-6,11-13H2,1H3,(H,14,17)(H,15,16);2-5H,1H3;1-2H3. The van der Waals surface area contributed by atoms with E-state index in [0.29, 0.717) is 43.9 Å². The Morgan fingerprint density at radius 3 is 2.17 bits per heavy atom. The summed E-state index contributed by atoms with van der Waals surface area (Å²) in [7, 11) is 0.531. The summed E-state index contributed by atoms with van der Waals surface area (Å²) in [4.78, 5) is 33.0. The molecule has 0 fully saturated rings. The monoisotopic (exact) mass is 656 g/mol. The van der Waals surface area contributed by atoms with Crippen molar-refractivity contribution in [3.8, 4) is 5.75 Å². The number of hydrogen-bond acceptors (Lipinski definition) is 9. The molecule has 0 radical (unpaired) electrons. The minimum absolute atomic E-state index is 0.189. The fraction of sp³-hybridized carbons (Fsp3) is 0.500. The van der Waals surface area contributed by atoms with Crippen molar-refractivity contribution in [1.82, 2.24) is 10.6 Å². The summed E-state index contributed by atoms with van der Waals surface area (Å²) in [5.74, 6) is -0.0110. The number of likely N-dealkylation sites (N-methyl/N-ethyl adjacent to an activating group) is 1. The van der Waals surface area contributed by atoms with Crippen LogP contribution >= 0.6 is 0 Å². The predicted molar refractivity (Wildman–Crippen MR) is 173 cm³/mol. The maximum absolute atomic E-state index is 12.0. The molecule has 1 unspecified atom stereocenters. The zero-order chi connectivity index (χ0) is 35.5. The van der Waals surface area contributed by atoms with Gasteiger partial charge in [0.25, 0.3) is 0 Å². The zero-order valence-electron chi connectivity index (χ0n) is 27.2. The van der Waals surface area contributed by atoms with Crippen molar-refractivity contribution in [2.45, 2.75) is 71.3 Å². The lowest BCUT2D eigenvalue weighted by atomic mass is 9.78. The molecule has 1 aliphatic heterocycles. The van der Waals surface area contributed by atoms with E-state index in [4.69, 9.17) is 26.6 Å². The fourth-order valence-electron chi connectivity index (χ4n) is 3.87. The summed E-state index contributed by atoms with van der Waals surface area (Å²) in [6.07, 6.45) is -3.15. The molecule has 0 saturated carbocycles. The second-order valence-corrected chi connectivity index (χ2v) is 10.0. The topological polar surface area (TPSA) is 204 Å². The van der Waals surface area contributed by atoms with Gasteiger partial charge in [-0.1, -0.05) is 19.9 Å². The lowest BCUT2D eigenvalue weighted by molar-refractivity contribution is -0.137. The van der Waals surface area contributed by atoms with Crippen LogP contribution in [0.3, 0.4) is 0 Å². The molecule has 0 bridgehead atoms. The molecule has 2 aromatic carbocycles. The largest absolute Gasteiger partial charge is 0.497 e. The van der Waals surface area contributed by atoms with Crippen LogP contribution in [0.25, 0.3) is 0 Å². The van der Waals surface area contributed by atoms with Crippen molar-refractivity contribution in [3.63, 3.8) is 0 Å². The zero-order valence-corrected chi connectivity index (χ0v) is 27.2. The predicted octanol–water partition coefficient (Wildman–Crippen LogP) is 1.58. The number of amides is 3. The van der Waals surface area contributed by atoms with Crippen LogP contribution in [-0.4, -0.2) is 69.2 Å². The molecule has 258 valence electrons. The van der Waals surface area contributed by atoms with Crippen LogP contribution in [0.2, 0.25) is 0 Å². The van der Waals surface area contributed by atoms with Gasteiger partial charge >= 0.3 is 13.3 Å². The maximum atomic E-state index is 12.0. The van der Waals surface area contributed by atoms with Crippen LogP contribution < -0.4 is 43.4 Å². The van der Waals surface area contributed by atoms with E-state index in [-0.39, 0.29) is 24.3 Å². The SMILES string of the molecule is CC.CC1(C)OB(O)c2ccc(NC=O)cc21.CCNC(=O)C(N)CCC(=O)NC(CN)CN.COc1ccc(C(F)(F)F)cc1. The highest BCUT2D eigenvalue weighted by molar-refractivity contribution is 6.62. The van der Waals surface area contributed by atoms with Crippen LogP contribution in [-0.2, 0) is 30.8 Å². The molecule has 10 N–H and O–H groups in total. The third-order valence-electron chi connectivity index (χ3n) is 6.32. The number of ether oxygens (including phenoxy) is 1. The first kappa shape index (κ1) is 42.3. The van der Waals surface area contributed by atoms with Gasteiger partial charge in [0.15, 0.2) is 0 Å². The highest BCUT2D eigenvalue weighted by atomic mass is 19.4. The Hall–Kier alpha value is -3.70. The first-order valence-electron chi connectivity index (χ1n) is 14.8. The second-order valence-electron chi connectivity index (χ2n) is 10.0. The van der Waals surface area contributed by atoms with Gasteiger partial charge < -0.3 is 47.6 Å². The van der Waals surface area contributed by atoms with Gasteiger partial charge in [-0.2, -0.15) is 13.2 Å². The van der Waals surface area contributed by atoms with E-state index in [9.17, 15) is 32.6 Å². The normalized spacial score (nSPS) is 13.3. The molecule has 1 aliphatic rings. The molecule has 1 atom stereocenters. The Morgan fingerprint density at radius 2 is 1.70 bits per heavy atom. The molecular weight excluding hydrogens is 608 g/mol. The number of nitrogens with two attached hydrogens (primary N) is 3. The molecule has 0 spiro atoms. The Kier molecular flexibility index (Phi) is 19.5. The number of halogens is 3. The summed E-state index contributed by atoms with van der Waals surface area (Å²) in [6, 6.07) is 8.98. The molecule has 0 saturated heterocycles.